The second kappa shape index (κ2) is 8.79. The number of pyridine rings is 2. The third kappa shape index (κ3) is 4.64. The lowest BCUT2D eigenvalue weighted by Gasteiger charge is -2.12. The van der Waals surface area contributed by atoms with E-state index in [1.54, 1.807) is 18.2 Å². The zero-order chi connectivity index (χ0) is 20.8. The monoisotopic (exact) mass is 396 g/mol. The summed E-state index contributed by atoms with van der Waals surface area (Å²) in [5.74, 6) is -0.912. The van der Waals surface area contributed by atoms with Gasteiger partial charge in [-0.3, -0.25) is 4.98 Å². The van der Waals surface area contributed by atoms with Crippen molar-refractivity contribution in [2.45, 2.75) is 0 Å². The number of halogens is 2. The van der Waals surface area contributed by atoms with Crippen LogP contribution in [-0.4, -0.2) is 23.0 Å². The summed E-state index contributed by atoms with van der Waals surface area (Å²) in [5.41, 5.74) is 12.6. The SMILES string of the molecule is COc1ccc(N/C(N)=N/C(=C(\N)c2ccncc2F)c2ccccc2F)cn1. The summed E-state index contributed by atoms with van der Waals surface area (Å²) in [7, 11) is 1.50. The summed E-state index contributed by atoms with van der Waals surface area (Å²) >= 11 is 0. The zero-order valence-corrected chi connectivity index (χ0v) is 15.4. The molecular formula is C20H18F2N6O. The van der Waals surface area contributed by atoms with E-state index in [2.05, 4.69) is 20.3 Å². The van der Waals surface area contributed by atoms with Gasteiger partial charge in [0.15, 0.2) is 11.8 Å². The Labute approximate surface area is 165 Å². The quantitative estimate of drug-likeness (QED) is 0.452. The Bertz CT molecular complexity index is 1070. The summed E-state index contributed by atoms with van der Waals surface area (Å²) in [6.45, 7) is 0. The van der Waals surface area contributed by atoms with Crippen molar-refractivity contribution in [3.05, 3.63) is 83.8 Å². The van der Waals surface area contributed by atoms with Crippen LogP contribution in [-0.2, 0) is 0 Å². The van der Waals surface area contributed by atoms with Gasteiger partial charge < -0.3 is 21.5 Å². The van der Waals surface area contributed by atoms with E-state index in [1.807, 2.05) is 0 Å². The molecule has 0 aliphatic rings. The number of nitrogens with zero attached hydrogens (tertiary/aromatic N) is 3. The van der Waals surface area contributed by atoms with Crippen LogP contribution in [0, 0.1) is 11.6 Å². The first-order valence-corrected chi connectivity index (χ1v) is 8.45. The lowest BCUT2D eigenvalue weighted by Crippen LogP contribution is -2.23. The summed E-state index contributed by atoms with van der Waals surface area (Å²) in [5, 5.41) is 2.83. The van der Waals surface area contributed by atoms with Gasteiger partial charge in [0.25, 0.3) is 0 Å². The summed E-state index contributed by atoms with van der Waals surface area (Å²) in [6.07, 6.45) is 3.87. The first-order valence-electron chi connectivity index (χ1n) is 8.45. The number of guanidine groups is 1. The molecule has 0 amide bonds. The fourth-order valence-electron chi connectivity index (χ4n) is 2.51. The van der Waals surface area contributed by atoms with Gasteiger partial charge >= 0.3 is 0 Å². The average molecular weight is 396 g/mol. The third-order valence-corrected chi connectivity index (χ3v) is 3.90. The van der Waals surface area contributed by atoms with Crippen molar-refractivity contribution in [1.29, 1.82) is 0 Å². The first kappa shape index (κ1) is 19.7. The van der Waals surface area contributed by atoms with Crippen molar-refractivity contribution in [3.8, 4) is 5.88 Å². The molecule has 0 radical (unpaired) electrons. The molecule has 0 spiro atoms. The summed E-state index contributed by atoms with van der Waals surface area (Å²) in [6, 6.07) is 10.5. The Morgan fingerprint density at radius 2 is 1.79 bits per heavy atom. The van der Waals surface area contributed by atoms with Gasteiger partial charge in [-0.15, -0.1) is 0 Å². The molecule has 0 aliphatic carbocycles. The van der Waals surface area contributed by atoms with Crippen LogP contribution >= 0.6 is 0 Å². The smallest absolute Gasteiger partial charge is 0.213 e. The summed E-state index contributed by atoms with van der Waals surface area (Å²) in [4.78, 5) is 12.0. The number of methoxy groups -OCH3 is 1. The van der Waals surface area contributed by atoms with Gasteiger partial charge in [-0.1, -0.05) is 12.1 Å². The third-order valence-electron chi connectivity index (χ3n) is 3.90. The number of ether oxygens (including phenoxy) is 1. The number of nitrogens with one attached hydrogen (secondary N) is 1. The molecule has 5 N–H and O–H groups in total. The van der Waals surface area contributed by atoms with Crippen LogP contribution in [0.15, 0.2) is 66.0 Å². The molecule has 0 bridgehead atoms. The molecule has 0 saturated carbocycles. The number of rotatable bonds is 5. The highest BCUT2D eigenvalue weighted by Crippen LogP contribution is 2.27. The highest BCUT2D eigenvalue weighted by atomic mass is 19.1. The van der Waals surface area contributed by atoms with Gasteiger partial charge in [0.1, 0.15) is 11.5 Å². The standard InChI is InChI=1S/C20H18F2N6O/c1-29-17-7-6-12(10-26-17)27-20(24)28-19(14-4-2-3-5-15(14)21)18(23)13-8-9-25-11-16(13)22/h2-11H,23H2,1H3,(H3,24,27,28)/b19-18-. The number of aliphatic imine (C=N–C) groups is 1. The molecule has 0 fully saturated rings. The normalized spacial score (nSPS) is 12.3. The van der Waals surface area contributed by atoms with E-state index >= 15 is 0 Å². The maximum absolute atomic E-state index is 14.4. The van der Waals surface area contributed by atoms with E-state index in [0.29, 0.717) is 11.6 Å². The van der Waals surface area contributed by atoms with Crippen molar-refractivity contribution in [2.75, 3.05) is 12.4 Å². The van der Waals surface area contributed by atoms with Crippen molar-refractivity contribution in [3.63, 3.8) is 0 Å². The highest BCUT2D eigenvalue weighted by Gasteiger charge is 2.16. The minimum absolute atomic E-state index is 0.0281. The van der Waals surface area contributed by atoms with E-state index < -0.39 is 11.6 Å². The van der Waals surface area contributed by atoms with Gasteiger partial charge in [0.2, 0.25) is 5.88 Å². The lowest BCUT2D eigenvalue weighted by molar-refractivity contribution is 0.398. The topological polar surface area (TPSA) is 111 Å². The predicted molar refractivity (Wildman–Crippen MR) is 108 cm³/mol. The van der Waals surface area contributed by atoms with Gasteiger partial charge in [-0.05, 0) is 24.3 Å². The minimum atomic E-state index is -0.667. The number of nitrogens with two attached hydrogens (primary N) is 2. The molecule has 0 saturated heterocycles. The van der Waals surface area contributed by atoms with Gasteiger partial charge in [-0.25, -0.2) is 18.8 Å². The van der Waals surface area contributed by atoms with E-state index in [0.717, 1.165) is 6.20 Å². The molecular weight excluding hydrogens is 378 g/mol. The molecule has 1 aromatic carbocycles. The fourth-order valence-corrected chi connectivity index (χ4v) is 2.51. The second-order valence-electron chi connectivity index (χ2n) is 5.81. The van der Waals surface area contributed by atoms with Crippen LogP contribution in [0.5, 0.6) is 5.88 Å². The number of hydrogen-bond acceptors (Lipinski definition) is 5. The Hall–Kier alpha value is -4.01. The lowest BCUT2D eigenvalue weighted by atomic mass is 10.1. The Kier molecular flexibility index (Phi) is 5.98. The molecule has 0 unspecified atom stereocenters. The molecule has 0 aliphatic heterocycles. The molecule has 3 rings (SSSR count). The maximum atomic E-state index is 14.4. The maximum Gasteiger partial charge on any atom is 0.213 e. The van der Waals surface area contributed by atoms with Gasteiger partial charge in [-0.2, -0.15) is 0 Å². The molecule has 7 nitrogen and oxygen atoms in total. The van der Waals surface area contributed by atoms with E-state index in [1.165, 1.54) is 43.8 Å². The Morgan fingerprint density at radius 3 is 2.45 bits per heavy atom. The predicted octanol–water partition coefficient (Wildman–Crippen LogP) is 2.97. The molecule has 2 aromatic heterocycles. The van der Waals surface area contributed by atoms with Crippen LogP contribution in [0.4, 0.5) is 14.5 Å². The Balaban J connectivity index is 2.05. The number of anilines is 1. The fraction of sp³-hybridized carbons (Fsp3) is 0.0500. The summed E-state index contributed by atoms with van der Waals surface area (Å²) < 4.78 is 33.6. The molecule has 3 aromatic rings. The van der Waals surface area contributed by atoms with E-state index in [4.69, 9.17) is 16.2 Å². The van der Waals surface area contributed by atoms with E-state index in [9.17, 15) is 8.78 Å². The van der Waals surface area contributed by atoms with Gasteiger partial charge in [0.05, 0.1) is 30.9 Å². The zero-order valence-electron chi connectivity index (χ0n) is 15.4. The molecule has 0 atom stereocenters. The van der Waals surface area contributed by atoms with Crippen molar-refractivity contribution in [1.82, 2.24) is 9.97 Å². The Morgan fingerprint density at radius 1 is 1.00 bits per heavy atom. The van der Waals surface area contributed by atoms with Crippen LogP contribution < -0.4 is 21.5 Å². The number of benzene rings is 1. The molecule has 9 heteroatoms. The van der Waals surface area contributed by atoms with Crippen LogP contribution in [0.25, 0.3) is 11.4 Å². The van der Waals surface area contributed by atoms with Crippen molar-refractivity contribution in [2.24, 2.45) is 16.5 Å². The average Bonchev–Trinajstić information content (AvgIpc) is 2.73. The van der Waals surface area contributed by atoms with Crippen molar-refractivity contribution < 1.29 is 13.5 Å². The minimum Gasteiger partial charge on any atom is -0.481 e. The van der Waals surface area contributed by atoms with Crippen molar-refractivity contribution >= 4 is 23.0 Å². The first-order chi connectivity index (χ1) is 14.0. The number of aromatic nitrogens is 2. The number of hydrogen-bond donors (Lipinski definition) is 3. The van der Waals surface area contributed by atoms with Crippen LogP contribution in [0.3, 0.4) is 0 Å². The van der Waals surface area contributed by atoms with E-state index in [-0.39, 0.29) is 28.5 Å². The largest absolute Gasteiger partial charge is 0.481 e. The van der Waals surface area contributed by atoms with Gasteiger partial charge in [0, 0.05) is 23.4 Å². The highest BCUT2D eigenvalue weighted by molar-refractivity contribution is 6.00. The van der Waals surface area contributed by atoms with Crippen LogP contribution in [0.1, 0.15) is 11.1 Å². The van der Waals surface area contributed by atoms with Crippen LogP contribution in [0.2, 0.25) is 0 Å². The molecule has 29 heavy (non-hydrogen) atoms. The molecule has 2 heterocycles. The molecule has 148 valence electrons. The second-order valence-corrected chi connectivity index (χ2v) is 5.81.